The smallest absolute Gasteiger partial charge is 0.311 e. The molecule has 2 rings (SSSR count). The van der Waals surface area contributed by atoms with Crippen molar-refractivity contribution in [3.8, 4) is 5.75 Å². The van der Waals surface area contributed by atoms with Gasteiger partial charge in [0.2, 0.25) is 0 Å². The number of hydrogen-bond donors (Lipinski definition) is 1. The van der Waals surface area contributed by atoms with Gasteiger partial charge in [-0.3, -0.25) is 14.9 Å². The van der Waals surface area contributed by atoms with Gasteiger partial charge in [0.25, 0.3) is 5.91 Å². The van der Waals surface area contributed by atoms with Gasteiger partial charge in [0.15, 0.2) is 11.9 Å². The van der Waals surface area contributed by atoms with Crippen LogP contribution in [0.3, 0.4) is 0 Å². The van der Waals surface area contributed by atoms with E-state index in [9.17, 15) is 14.9 Å². The van der Waals surface area contributed by atoms with Crippen LogP contribution in [0.4, 0.5) is 11.4 Å². The molecular formula is C16H14Cl2N2O4. The third-order valence-electron chi connectivity index (χ3n) is 3.17. The van der Waals surface area contributed by atoms with E-state index in [-0.39, 0.29) is 11.4 Å². The number of carbonyl (C=O) groups excluding carboxylic acids is 1. The Balaban J connectivity index is 2.15. The number of nitro groups is 1. The van der Waals surface area contributed by atoms with E-state index in [1.165, 1.54) is 25.1 Å². The molecular weight excluding hydrogens is 355 g/mol. The summed E-state index contributed by atoms with van der Waals surface area (Å²) < 4.78 is 5.44. The maximum Gasteiger partial charge on any atom is 0.311 e. The van der Waals surface area contributed by atoms with Crippen molar-refractivity contribution in [3.05, 3.63) is 62.1 Å². The van der Waals surface area contributed by atoms with Crippen LogP contribution in [-0.2, 0) is 4.79 Å². The number of nitrogens with one attached hydrogen (secondary N) is 1. The normalized spacial score (nSPS) is 11.7. The molecule has 0 aromatic heterocycles. The lowest BCUT2D eigenvalue weighted by Gasteiger charge is -2.15. The molecule has 0 aliphatic rings. The Morgan fingerprint density at radius 1 is 1.25 bits per heavy atom. The first kappa shape index (κ1) is 18.0. The number of aryl methyl sites for hydroxylation is 1. The number of benzene rings is 2. The molecule has 0 fully saturated rings. The highest BCUT2D eigenvalue weighted by Gasteiger charge is 2.22. The highest BCUT2D eigenvalue weighted by Crippen LogP contribution is 2.29. The average Bonchev–Trinajstić information content (AvgIpc) is 2.52. The lowest BCUT2D eigenvalue weighted by atomic mass is 10.2. The fraction of sp³-hybridized carbons (Fsp3) is 0.188. The maximum absolute atomic E-state index is 12.2. The summed E-state index contributed by atoms with van der Waals surface area (Å²) in [7, 11) is 0. The van der Waals surface area contributed by atoms with Crippen LogP contribution in [0.1, 0.15) is 12.5 Å². The average molecular weight is 369 g/mol. The highest BCUT2D eigenvalue weighted by molar-refractivity contribution is 6.35. The molecule has 24 heavy (non-hydrogen) atoms. The van der Waals surface area contributed by atoms with Gasteiger partial charge in [0.1, 0.15) is 0 Å². The Kier molecular flexibility index (Phi) is 5.64. The molecule has 1 atom stereocenters. The van der Waals surface area contributed by atoms with Crippen molar-refractivity contribution >= 4 is 40.5 Å². The quantitative estimate of drug-likeness (QED) is 0.616. The summed E-state index contributed by atoms with van der Waals surface area (Å²) in [5, 5.41) is 14.4. The number of halogens is 2. The number of anilines is 1. The highest BCUT2D eigenvalue weighted by atomic mass is 35.5. The van der Waals surface area contributed by atoms with Gasteiger partial charge in [0, 0.05) is 11.1 Å². The van der Waals surface area contributed by atoms with E-state index in [1.54, 1.807) is 25.1 Å². The first-order chi connectivity index (χ1) is 11.3. The van der Waals surface area contributed by atoms with Crippen LogP contribution in [0.25, 0.3) is 0 Å². The lowest BCUT2D eigenvalue weighted by Crippen LogP contribution is -2.30. The summed E-state index contributed by atoms with van der Waals surface area (Å²) in [6, 6.07) is 9.16. The van der Waals surface area contributed by atoms with Gasteiger partial charge in [-0.25, -0.2) is 0 Å². The van der Waals surface area contributed by atoms with Crippen molar-refractivity contribution in [2.45, 2.75) is 20.0 Å². The molecule has 1 N–H and O–H groups in total. The van der Waals surface area contributed by atoms with Gasteiger partial charge in [-0.15, -0.1) is 0 Å². The van der Waals surface area contributed by atoms with Gasteiger partial charge in [-0.2, -0.15) is 0 Å². The van der Waals surface area contributed by atoms with Gasteiger partial charge >= 0.3 is 5.69 Å². The zero-order valence-corrected chi connectivity index (χ0v) is 14.4. The first-order valence-corrected chi connectivity index (χ1v) is 7.71. The minimum atomic E-state index is -0.971. The number of hydrogen-bond acceptors (Lipinski definition) is 4. The van der Waals surface area contributed by atoms with Crippen LogP contribution in [0, 0.1) is 17.0 Å². The third kappa shape index (κ3) is 4.37. The minimum absolute atomic E-state index is 0.0189. The minimum Gasteiger partial charge on any atom is -0.474 e. The van der Waals surface area contributed by atoms with Gasteiger partial charge in [0.05, 0.1) is 15.6 Å². The molecule has 0 heterocycles. The molecule has 1 amide bonds. The van der Waals surface area contributed by atoms with Crippen LogP contribution < -0.4 is 10.1 Å². The van der Waals surface area contributed by atoms with Crippen molar-refractivity contribution in [1.82, 2.24) is 0 Å². The molecule has 126 valence electrons. The summed E-state index contributed by atoms with van der Waals surface area (Å²) in [5.41, 5.74) is 0.857. The van der Waals surface area contributed by atoms with Crippen LogP contribution in [-0.4, -0.2) is 16.9 Å². The van der Waals surface area contributed by atoms with E-state index >= 15 is 0 Å². The summed E-state index contributed by atoms with van der Waals surface area (Å²) in [4.78, 5) is 22.8. The van der Waals surface area contributed by atoms with E-state index in [2.05, 4.69) is 5.32 Å². The molecule has 8 heteroatoms. The molecule has 0 radical (unpaired) electrons. The Labute approximate surface area is 148 Å². The van der Waals surface area contributed by atoms with Gasteiger partial charge in [-0.05, 0) is 43.7 Å². The predicted octanol–water partition coefficient (Wildman–Crippen LogP) is 4.62. The van der Waals surface area contributed by atoms with Crippen LogP contribution in [0.15, 0.2) is 36.4 Å². The number of nitro benzene ring substituents is 1. The second-order valence-corrected chi connectivity index (χ2v) is 5.95. The Morgan fingerprint density at radius 2 is 1.96 bits per heavy atom. The molecule has 0 aliphatic heterocycles. The lowest BCUT2D eigenvalue weighted by molar-refractivity contribution is -0.386. The molecule has 0 saturated carbocycles. The second kappa shape index (κ2) is 7.51. The topological polar surface area (TPSA) is 81.5 Å². The zero-order chi connectivity index (χ0) is 17.9. The van der Waals surface area contributed by atoms with E-state index < -0.39 is 16.9 Å². The van der Waals surface area contributed by atoms with Crippen molar-refractivity contribution in [2.75, 3.05) is 5.32 Å². The Morgan fingerprint density at radius 3 is 2.62 bits per heavy atom. The summed E-state index contributed by atoms with van der Waals surface area (Å²) in [5.74, 6) is -0.487. The zero-order valence-electron chi connectivity index (χ0n) is 12.9. The first-order valence-electron chi connectivity index (χ1n) is 6.95. The SMILES string of the molecule is Cc1ccc(O[C@@H](C)C(=O)Nc2cc(Cl)ccc2Cl)c([N+](=O)[O-])c1. The number of ether oxygens (including phenoxy) is 1. The van der Waals surface area contributed by atoms with Crippen molar-refractivity contribution in [2.24, 2.45) is 0 Å². The summed E-state index contributed by atoms with van der Waals surface area (Å²) >= 11 is 11.8. The number of nitrogens with zero attached hydrogens (tertiary/aromatic N) is 1. The van der Waals surface area contributed by atoms with Crippen LogP contribution in [0.5, 0.6) is 5.75 Å². The molecule has 6 nitrogen and oxygen atoms in total. The second-order valence-electron chi connectivity index (χ2n) is 5.10. The summed E-state index contributed by atoms with van der Waals surface area (Å²) in [6.45, 7) is 3.21. The standard InChI is InChI=1S/C16H14Cl2N2O4/c1-9-3-6-15(14(7-9)20(22)23)24-10(2)16(21)19-13-8-11(17)4-5-12(13)18/h3-8,10H,1-2H3,(H,19,21)/t10-/m0/s1. The number of carbonyl (C=O) groups is 1. The monoisotopic (exact) mass is 368 g/mol. The Hall–Kier alpha value is -2.31. The molecule has 0 spiro atoms. The largest absolute Gasteiger partial charge is 0.474 e. The van der Waals surface area contributed by atoms with E-state index in [0.29, 0.717) is 15.7 Å². The third-order valence-corrected chi connectivity index (χ3v) is 3.74. The maximum atomic E-state index is 12.2. The van der Waals surface area contributed by atoms with E-state index in [0.717, 1.165) is 5.56 Å². The molecule has 2 aromatic rings. The van der Waals surface area contributed by atoms with Crippen LogP contribution >= 0.6 is 23.2 Å². The van der Waals surface area contributed by atoms with E-state index in [4.69, 9.17) is 27.9 Å². The summed E-state index contributed by atoms with van der Waals surface area (Å²) in [6.07, 6.45) is -0.971. The molecule has 0 unspecified atom stereocenters. The molecule has 0 aliphatic carbocycles. The van der Waals surface area contributed by atoms with Crippen molar-refractivity contribution in [3.63, 3.8) is 0 Å². The molecule has 2 aromatic carbocycles. The van der Waals surface area contributed by atoms with Gasteiger partial charge in [-0.1, -0.05) is 29.3 Å². The van der Waals surface area contributed by atoms with Crippen molar-refractivity contribution in [1.29, 1.82) is 0 Å². The van der Waals surface area contributed by atoms with Crippen molar-refractivity contribution < 1.29 is 14.5 Å². The van der Waals surface area contributed by atoms with E-state index in [1.807, 2.05) is 0 Å². The van der Waals surface area contributed by atoms with Gasteiger partial charge < -0.3 is 10.1 Å². The predicted molar refractivity (Wildman–Crippen MR) is 93.0 cm³/mol. The molecule has 0 bridgehead atoms. The number of rotatable bonds is 5. The Bertz CT molecular complexity index is 796. The number of amides is 1. The fourth-order valence-corrected chi connectivity index (χ4v) is 2.28. The molecule has 0 saturated heterocycles. The van der Waals surface area contributed by atoms with Crippen LogP contribution in [0.2, 0.25) is 10.0 Å². The fourth-order valence-electron chi connectivity index (χ4n) is 1.94.